The van der Waals surface area contributed by atoms with Gasteiger partial charge in [-0.3, -0.25) is 9.59 Å². The summed E-state index contributed by atoms with van der Waals surface area (Å²) in [6, 6.07) is 8.52. The van der Waals surface area contributed by atoms with Gasteiger partial charge in [0.25, 0.3) is 0 Å². The SMILES string of the molecule is CCOC(=O)CN(Cc1ccccc1)C(=O)C1CCCN1S(C)(=O)=O. The van der Waals surface area contributed by atoms with Crippen LogP contribution in [-0.4, -0.2) is 61.5 Å². The molecule has 1 aliphatic rings. The maximum atomic E-state index is 13.0. The molecule has 0 saturated carbocycles. The van der Waals surface area contributed by atoms with E-state index in [4.69, 9.17) is 4.74 Å². The van der Waals surface area contributed by atoms with Gasteiger partial charge in [-0.2, -0.15) is 4.31 Å². The van der Waals surface area contributed by atoms with E-state index in [0.717, 1.165) is 11.8 Å². The lowest BCUT2D eigenvalue weighted by atomic mass is 10.1. The summed E-state index contributed by atoms with van der Waals surface area (Å²) in [5.41, 5.74) is 0.865. The Kier molecular flexibility index (Phi) is 6.55. The Morgan fingerprint density at radius 1 is 1.28 bits per heavy atom. The van der Waals surface area contributed by atoms with Gasteiger partial charge in [0.1, 0.15) is 12.6 Å². The number of sulfonamides is 1. The third kappa shape index (κ3) is 5.27. The van der Waals surface area contributed by atoms with Crippen molar-refractivity contribution >= 4 is 21.9 Å². The van der Waals surface area contributed by atoms with Gasteiger partial charge in [0.15, 0.2) is 0 Å². The molecule has 8 heteroatoms. The number of esters is 1. The van der Waals surface area contributed by atoms with Crippen LogP contribution in [0.2, 0.25) is 0 Å². The highest BCUT2D eigenvalue weighted by Gasteiger charge is 2.39. The van der Waals surface area contributed by atoms with Crippen molar-refractivity contribution in [3.05, 3.63) is 35.9 Å². The molecule has 1 fully saturated rings. The number of ether oxygens (including phenoxy) is 1. The highest BCUT2D eigenvalue weighted by Crippen LogP contribution is 2.23. The van der Waals surface area contributed by atoms with Gasteiger partial charge in [-0.15, -0.1) is 0 Å². The van der Waals surface area contributed by atoms with Crippen LogP contribution < -0.4 is 0 Å². The van der Waals surface area contributed by atoms with E-state index in [1.165, 1.54) is 9.21 Å². The molecule has 0 N–H and O–H groups in total. The van der Waals surface area contributed by atoms with Gasteiger partial charge >= 0.3 is 5.97 Å². The zero-order valence-corrected chi connectivity index (χ0v) is 15.4. The first-order valence-corrected chi connectivity index (χ1v) is 10.1. The Bertz CT molecular complexity index is 705. The second-order valence-electron chi connectivity index (χ2n) is 6.02. The van der Waals surface area contributed by atoms with Gasteiger partial charge in [0, 0.05) is 13.1 Å². The molecule has 1 aliphatic heterocycles. The normalized spacial score (nSPS) is 18.1. The fourth-order valence-corrected chi connectivity index (χ4v) is 4.09. The molecule has 1 aromatic carbocycles. The van der Waals surface area contributed by atoms with Crippen molar-refractivity contribution in [3.8, 4) is 0 Å². The van der Waals surface area contributed by atoms with Crippen LogP contribution in [0.1, 0.15) is 25.3 Å². The smallest absolute Gasteiger partial charge is 0.325 e. The first-order chi connectivity index (χ1) is 11.8. The topological polar surface area (TPSA) is 84.0 Å². The van der Waals surface area contributed by atoms with Gasteiger partial charge in [0.05, 0.1) is 12.9 Å². The Morgan fingerprint density at radius 3 is 2.56 bits per heavy atom. The minimum Gasteiger partial charge on any atom is -0.465 e. The summed E-state index contributed by atoms with van der Waals surface area (Å²) in [5, 5.41) is 0. The molecule has 1 saturated heterocycles. The molecule has 1 heterocycles. The van der Waals surface area contributed by atoms with Crippen LogP contribution in [0.5, 0.6) is 0 Å². The number of nitrogens with zero attached hydrogens (tertiary/aromatic N) is 2. The molecule has 138 valence electrons. The minimum absolute atomic E-state index is 0.199. The predicted molar refractivity (Wildman–Crippen MR) is 93.1 cm³/mol. The predicted octanol–water partition coefficient (Wildman–Crippen LogP) is 1.00. The number of carbonyl (C=O) groups excluding carboxylic acids is 2. The molecule has 0 spiro atoms. The van der Waals surface area contributed by atoms with E-state index in [1.807, 2.05) is 30.3 Å². The van der Waals surface area contributed by atoms with Crippen LogP contribution in [0.15, 0.2) is 30.3 Å². The standard InChI is InChI=1S/C17H24N2O5S/c1-3-24-16(20)13-18(12-14-8-5-4-6-9-14)17(21)15-10-7-11-19(15)25(2,22)23/h4-6,8-9,15H,3,7,10-13H2,1-2H3. The van der Waals surface area contributed by atoms with E-state index in [1.54, 1.807) is 6.92 Å². The first-order valence-electron chi connectivity index (χ1n) is 8.28. The maximum absolute atomic E-state index is 13.0. The number of amides is 1. The molecular formula is C17H24N2O5S. The summed E-state index contributed by atoms with van der Waals surface area (Å²) in [6.45, 7) is 2.28. The summed E-state index contributed by atoms with van der Waals surface area (Å²) >= 11 is 0. The Balaban J connectivity index is 2.21. The fraction of sp³-hybridized carbons (Fsp3) is 0.529. The summed E-state index contributed by atoms with van der Waals surface area (Å²) in [7, 11) is -3.47. The molecule has 1 atom stereocenters. The van der Waals surface area contributed by atoms with Crippen molar-refractivity contribution in [2.24, 2.45) is 0 Å². The molecule has 0 bridgehead atoms. The second-order valence-corrected chi connectivity index (χ2v) is 7.95. The number of hydrogen-bond acceptors (Lipinski definition) is 5. The lowest BCUT2D eigenvalue weighted by Crippen LogP contribution is -2.48. The van der Waals surface area contributed by atoms with Crippen LogP contribution in [0, 0.1) is 0 Å². The first kappa shape index (κ1) is 19.4. The van der Waals surface area contributed by atoms with E-state index in [-0.39, 0.29) is 25.6 Å². The van der Waals surface area contributed by atoms with Gasteiger partial charge in [-0.25, -0.2) is 8.42 Å². The van der Waals surface area contributed by atoms with E-state index in [9.17, 15) is 18.0 Å². The van der Waals surface area contributed by atoms with Crippen LogP contribution in [0.3, 0.4) is 0 Å². The highest BCUT2D eigenvalue weighted by molar-refractivity contribution is 7.88. The average Bonchev–Trinajstić information content (AvgIpc) is 3.04. The summed E-state index contributed by atoms with van der Waals surface area (Å²) in [6.07, 6.45) is 2.19. The van der Waals surface area contributed by atoms with E-state index >= 15 is 0 Å². The van der Waals surface area contributed by atoms with E-state index in [2.05, 4.69) is 0 Å². The Hall–Kier alpha value is -1.93. The maximum Gasteiger partial charge on any atom is 0.325 e. The largest absolute Gasteiger partial charge is 0.465 e. The molecule has 1 aromatic rings. The molecule has 1 amide bonds. The van der Waals surface area contributed by atoms with Crippen LogP contribution in [0.25, 0.3) is 0 Å². The molecule has 0 aliphatic carbocycles. The zero-order valence-electron chi connectivity index (χ0n) is 14.6. The summed E-state index contributed by atoms with van der Waals surface area (Å²) in [5.74, 6) is -0.865. The van der Waals surface area contributed by atoms with Crippen LogP contribution in [-0.2, 0) is 30.9 Å². The fourth-order valence-electron chi connectivity index (χ4n) is 2.97. The lowest BCUT2D eigenvalue weighted by molar-refractivity contribution is -0.150. The van der Waals surface area contributed by atoms with Gasteiger partial charge in [-0.05, 0) is 25.3 Å². The summed E-state index contributed by atoms with van der Waals surface area (Å²) in [4.78, 5) is 26.2. The second kappa shape index (κ2) is 8.44. The lowest BCUT2D eigenvalue weighted by Gasteiger charge is -2.28. The Labute approximate surface area is 148 Å². The van der Waals surface area contributed by atoms with Gasteiger partial charge in [-0.1, -0.05) is 30.3 Å². The van der Waals surface area contributed by atoms with E-state index in [0.29, 0.717) is 19.4 Å². The van der Waals surface area contributed by atoms with Crippen molar-refractivity contribution in [2.75, 3.05) is 26.0 Å². The quantitative estimate of drug-likeness (QED) is 0.671. The summed E-state index contributed by atoms with van der Waals surface area (Å²) < 4.78 is 30.0. The molecule has 0 aromatic heterocycles. The molecule has 25 heavy (non-hydrogen) atoms. The molecule has 1 unspecified atom stereocenters. The molecule has 0 radical (unpaired) electrons. The molecular weight excluding hydrogens is 344 g/mol. The van der Waals surface area contributed by atoms with Gasteiger partial charge < -0.3 is 9.64 Å². The number of carbonyl (C=O) groups is 2. The third-order valence-electron chi connectivity index (χ3n) is 4.07. The van der Waals surface area contributed by atoms with Crippen molar-refractivity contribution < 1.29 is 22.7 Å². The Morgan fingerprint density at radius 2 is 1.96 bits per heavy atom. The average molecular weight is 368 g/mol. The third-order valence-corrected chi connectivity index (χ3v) is 5.36. The van der Waals surface area contributed by atoms with Crippen molar-refractivity contribution in [1.82, 2.24) is 9.21 Å². The van der Waals surface area contributed by atoms with Crippen molar-refractivity contribution in [3.63, 3.8) is 0 Å². The zero-order chi connectivity index (χ0) is 18.4. The van der Waals surface area contributed by atoms with Crippen LogP contribution >= 0.6 is 0 Å². The van der Waals surface area contributed by atoms with E-state index < -0.39 is 22.0 Å². The number of rotatable bonds is 7. The molecule has 2 rings (SSSR count). The van der Waals surface area contributed by atoms with Crippen molar-refractivity contribution in [1.29, 1.82) is 0 Å². The number of hydrogen-bond donors (Lipinski definition) is 0. The highest BCUT2D eigenvalue weighted by atomic mass is 32.2. The minimum atomic E-state index is -3.47. The van der Waals surface area contributed by atoms with Gasteiger partial charge in [0.2, 0.25) is 15.9 Å². The number of benzene rings is 1. The van der Waals surface area contributed by atoms with Crippen LogP contribution in [0.4, 0.5) is 0 Å². The van der Waals surface area contributed by atoms with Crippen molar-refractivity contribution in [2.45, 2.75) is 32.4 Å². The molecule has 7 nitrogen and oxygen atoms in total. The monoisotopic (exact) mass is 368 g/mol.